The van der Waals surface area contributed by atoms with Gasteiger partial charge in [0, 0.05) is 6.61 Å². The predicted molar refractivity (Wildman–Crippen MR) is 78.6 cm³/mol. The fraction of sp³-hybridized carbons (Fsp3) is 1.00. The molecule has 0 saturated heterocycles. The van der Waals surface area contributed by atoms with Crippen LogP contribution in [-0.2, 0) is 4.74 Å². The summed E-state index contributed by atoms with van der Waals surface area (Å²) in [4.78, 5) is 0. The Morgan fingerprint density at radius 3 is 1.78 bits per heavy atom. The average molecular weight is 258 g/mol. The van der Waals surface area contributed by atoms with E-state index in [1.807, 2.05) is 0 Å². The first-order valence-corrected chi connectivity index (χ1v) is 7.82. The van der Waals surface area contributed by atoms with Crippen LogP contribution in [0.4, 0.5) is 0 Å². The summed E-state index contributed by atoms with van der Waals surface area (Å²) >= 11 is 0. The zero-order valence-corrected chi connectivity index (χ0v) is 13.0. The first kappa shape index (κ1) is 17.9. The molecule has 0 aromatic carbocycles. The molecule has 0 fully saturated rings. The number of hydrogen-bond donors (Lipinski definition) is 1. The van der Waals surface area contributed by atoms with Crippen molar-refractivity contribution in [1.29, 1.82) is 0 Å². The molecule has 2 heteroatoms. The van der Waals surface area contributed by atoms with Crippen LogP contribution in [0.1, 0.15) is 79.1 Å². The van der Waals surface area contributed by atoms with Crippen LogP contribution in [0.2, 0.25) is 0 Å². The first-order valence-electron chi connectivity index (χ1n) is 7.82. The summed E-state index contributed by atoms with van der Waals surface area (Å²) < 4.78 is 5.41. The molecule has 0 saturated carbocycles. The van der Waals surface area contributed by atoms with E-state index in [9.17, 15) is 5.11 Å². The summed E-state index contributed by atoms with van der Waals surface area (Å²) in [6.45, 7) is 9.71. The molecule has 1 N–H and O–H groups in total. The minimum absolute atomic E-state index is 0.540. The molecule has 0 aromatic rings. The van der Waals surface area contributed by atoms with E-state index < -0.39 is 6.29 Å². The molecule has 0 aliphatic heterocycles. The van der Waals surface area contributed by atoms with Crippen LogP contribution >= 0.6 is 0 Å². The Morgan fingerprint density at radius 2 is 1.22 bits per heavy atom. The van der Waals surface area contributed by atoms with Gasteiger partial charge >= 0.3 is 0 Å². The van der Waals surface area contributed by atoms with Crippen molar-refractivity contribution in [2.45, 2.75) is 85.4 Å². The number of aliphatic hydroxyl groups excluding tert-OH is 1. The van der Waals surface area contributed by atoms with Gasteiger partial charge in [0.2, 0.25) is 0 Å². The fourth-order valence-corrected chi connectivity index (χ4v) is 2.01. The van der Waals surface area contributed by atoms with Crippen molar-refractivity contribution in [2.24, 2.45) is 11.8 Å². The molecule has 0 aromatic heterocycles. The summed E-state index contributed by atoms with van der Waals surface area (Å²) in [6.07, 6.45) is 8.67. The lowest BCUT2D eigenvalue weighted by atomic mass is 10.1. The normalized spacial score (nSPS) is 13.5. The van der Waals surface area contributed by atoms with Crippen molar-refractivity contribution in [3.8, 4) is 0 Å². The number of hydrogen-bond acceptors (Lipinski definition) is 2. The molecule has 110 valence electrons. The summed E-state index contributed by atoms with van der Waals surface area (Å²) in [6, 6.07) is 0. The highest BCUT2D eigenvalue weighted by atomic mass is 16.6. The summed E-state index contributed by atoms with van der Waals surface area (Å²) in [5, 5.41) is 9.64. The Balaban J connectivity index is 3.19. The standard InChI is InChI=1S/C16H34O2/c1-14(2)10-6-5-9-13-18-16(17)12-8-7-11-15(3)4/h14-17H,5-13H2,1-4H3. The predicted octanol–water partition coefficient (Wildman–Crippen LogP) is 4.75. The van der Waals surface area contributed by atoms with E-state index in [2.05, 4.69) is 27.7 Å². The van der Waals surface area contributed by atoms with Gasteiger partial charge in [0.05, 0.1) is 0 Å². The second kappa shape index (κ2) is 12.0. The summed E-state index contributed by atoms with van der Waals surface area (Å²) in [5.74, 6) is 1.57. The molecule has 0 amide bonds. The third-order valence-electron chi connectivity index (χ3n) is 3.22. The molecule has 0 bridgehead atoms. The monoisotopic (exact) mass is 258 g/mol. The Morgan fingerprint density at radius 1 is 0.722 bits per heavy atom. The second-order valence-corrected chi connectivity index (χ2v) is 6.25. The minimum Gasteiger partial charge on any atom is -0.368 e. The lowest BCUT2D eigenvalue weighted by Gasteiger charge is -2.12. The van der Waals surface area contributed by atoms with Crippen molar-refractivity contribution >= 4 is 0 Å². The fourth-order valence-electron chi connectivity index (χ4n) is 2.01. The molecule has 0 aliphatic carbocycles. The largest absolute Gasteiger partial charge is 0.368 e. The summed E-state index contributed by atoms with van der Waals surface area (Å²) in [7, 11) is 0. The highest BCUT2D eigenvalue weighted by Gasteiger charge is 2.04. The molecular weight excluding hydrogens is 224 g/mol. The van der Waals surface area contributed by atoms with Gasteiger partial charge in [-0.05, 0) is 31.1 Å². The van der Waals surface area contributed by atoms with E-state index in [0.717, 1.165) is 31.1 Å². The van der Waals surface area contributed by atoms with Gasteiger partial charge in [0.1, 0.15) is 0 Å². The molecule has 0 radical (unpaired) electrons. The quantitative estimate of drug-likeness (QED) is 0.404. The van der Waals surface area contributed by atoms with Crippen molar-refractivity contribution < 1.29 is 9.84 Å². The van der Waals surface area contributed by atoms with Crippen LogP contribution in [0.5, 0.6) is 0 Å². The van der Waals surface area contributed by atoms with Crippen LogP contribution in [-0.4, -0.2) is 18.0 Å². The van der Waals surface area contributed by atoms with E-state index >= 15 is 0 Å². The molecule has 0 heterocycles. The second-order valence-electron chi connectivity index (χ2n) is 6.25. The van der Waals surface area contributed by atoms with Gasteiger partial charge in [-0.1, -0.05) is 59.8 Å². The Labute approximate surface area is 114 Å². The number of aliphatic hydroxyl groups is 1. The minimum atomic E-state index is -0.540. The van der Waals surface area contributed by atoms with Crippen molar-refractivity contribution in [3.63, 3.8) is 0 Å². The lowest BCUT2D eigenvalue weighted by Crippen LogP contribution is -2.12. The van der Waals surface area contributed by atoms with Gasteiger partial charge in [-0.25, -0.2) is 0 Å². The van der Waals surface area contributed by atoms with E-state index in [0.29, 0.717) is 6.61 Å². The molecule has 0 aliphatic rings. The Kier molecular flexibility index (Phi) is 11.9. The van der Waals surface area contributed by atoms with Gasteiger partial charge in [0.15, 0.2) is 6.29 Å². The maximum atomic E-state index is 9.64. The van der Waals surface area contributed by atoms with Crippen molar-refractivity contribution in [2.75, 3.05) is 6.61 Å². The molecule has 18 heavy (non-hydrogen) atoms. The molecule has 0 spiro atoms. The van der Waals surface area contributed by atoms with Crippen molar-refractivity contribution in [1.82, 2.24) is 0 Å². The van der Waals surface area contributed by atoms with Crippen LogP contribution in [0, 0.1) is 11.8 Å². The van der Waals surface area contributed by atoms with Gasteiger partial charge in [-0.3, -0.25) is 0 Å². The van der Waals surface area contributed by atoms with E-state index in [1.165, 1.54) is 32.1 Å². The highest BCUT2D eigenvalue weighted by Crippen LogP contribution is 2.11. The van der Waals surface area contributed by atoms with Crippen LogP contribution < -0.4 is 0 Å². The van der Waals surface area contributed by atoms with E-state index in [4.69, 9.17) is 4.74 Å². The number of unbranched alkanes of at least 4 members (excludes halogenated alkanes) is 3. The lowest BCUT2D eigenvalue weighted by molar-refractivity contribution is -0.105. The smallest absolute Gasteiger partial charge is 0.154 e. The zero-order chi connectivity index (χ0) is 13.8. The topological polar surface area (TPSA) is 29.5 Å². The zero-order valence-electron chi connectivity index (χ0n) is 13.0. The first-order chi connectivity index (χ1) is 8.52. The average Bonchev–Trinajstić information content (AvgIpc) is 2.28. The molecular formula is C16H34O2. The van der Waals surface area contributed by atoms with Crippen LogP contribution in [0.15, 0.2) is 0 Å². The molecule has 1 unspecified atom stereocenters. The maximum absolute atomic E-state index is 9.64. The maximum Gasteiger partial charge on any atom is 0.154 e. The van der Waals surface area contributed by atoms with Crippen molar-refractivity contribution in [3.05, 3.63) is 0 Å². The third kappa shape index (κ3) is 14.0. The van der Waals surface area contributed by atoms with Crippen LogP contribution in [0.3, 0.4) is 0 Å². The highest BCUT2D eigenvalue weighted by molar-refractivity contribution is 4.50. The molecule has 0 rings (SSSR count). The number of ether oxygens (including phenoxy) is 1. The Hall–Kier alpha value is -0.0800. The van der Waals surface area contributed by atoms with Gasteiger partial charge in [0.25, 0.3) is 0 Å². The van der Waals surface area contributed by atoms with E-state index in [1.54, 1.807) is 0 Å². The van der Waals surface area contributed by atoms with E-state index in [-0.39, 0.29) is 0 Å². The van der Waals surface area contributed by atoms with Gasteiger partial charge in [-0.2, -0.15) is 0 Å². The summed E-state index contributed by atoms with van der Waals surface area (Å²) in [5.41, 5.74) is 0. The van der Waals surface area contributed by atoms with Gasteiger partial charge < -0.3 is 9.84 Å². The van der Waals surface area contributed by atoms with Gasteiger partial charge in [-0.15, -0.1) is 0 Å². The number of rotatable bonds is 12. The molecule has 2 nitrogen and oxygen atoms in total. The van der Waals surface area contributed by atoms with Crippen LogP contribution in [0.25, 0.3) is 0 Å². The Bertz CT molecular complexity index is 166. The third-order valence-corrected chi connectivity index (χ3v) is 3.22. The SMILES string of the molecule is CC(C)CCCCCOC(O)CCCCC(C)C. The molecule has 1 atom stereocenters.